The standard InChI is InChI=1S/C21H22ClN3O4/c1-3-11-29-18-10-9-14(22)12-16(18)23-19(26)13-25-17-8-6-5-7-15(17)20(27)24(4-2)21(25)28/h5-10,12H,3-4,11,13H2,1-2H3,(H,23,26). The van der Waals surface area contributed by atoms with Gasteiger partial charge in [-0.3, -0.25) is 18.7 Å². The van der Waals surface area contributed by atoms with Crippen LogP contribution < -0.4 is 21.3 Å². The summed E-state index contributed by atoms with van der Waals surface area (Å²) in [5.41, 5.74) is -0.0530. The number of benzene rings is 2. The number of fused-ring (bicyclic) bond motifs is 1. The van der Waals surface area contributed by atoms with Crippen LogP contribution in [0.1, 0.15) is 20.3 Å². The van der Waals surface area contributed by atoms with E-state index in [1.165, 1.54) is 4.57 Å². The van der Waals surface area contributed by atoms with Crippen molar-refractivity contribution >= 4 is 34.1 Å². The van der Waals surface area contributed by atoms with Gasteiger partial charge in [-0.05, 0) is 43.7 Å². The number of rotatable bonds is 7. The summed E-state index contributed by atoms with van der Waals surface area (Å²) in [5, 5.41) is 3.59. The highest BCUT2D eigenvalue weighted by atomic mass is 35.5. The fourth-order valence-electron chi connectivity index (χ4n) is 3.07. The number of nitrogens with zero attached hydrogens (tertiary/aromatic N) is 2. The summed E-state index contributed by atoms with van der Waals surface area (Å²) in [6.07, 6.45) is 0.815. The number of ether oxygens (including phenoxy) is 1. The first-order valence-corrected chi connectivity index (χ1v) is 9.78. The Bertz CT molecular complexity index is 1170. The van der Waals surface area contributed by atoms with Crippen molar-refractivity contribution in [2.45, 2.75) is 33.4 Å². The van der Waals surface area contributed by atoms with E-state index in [9.17, 15) is 14.4 Å². The second-order valence-electron chi connectivity index (χ2n) is 6.47. The number of halogens is 1. The van der Waals surface area contributed by atoms with Crippen molar-refractivity contribution in [2.24, 2.45) is 0 Å². The molecule has 1 aromatic heterocycles. The van der Waals surface area contributed by atoms with Crippen LogP contribution in [-0.2, 0) is 17.9 Å². The third-order valence-electron chi connectivity index (χ3n) is 4.43. The van der Waals surface area contributed by atoms with Gasteiger partial charge in [0.2, 0.25) is 5.91 Å². The highest BCUT2D eigenvalue weighted by molar-refractivity contribution is 6.31. The number of anilines is 1. The van der Waals surface area contributed by atoms with Gasteiger partial charge in [0, 0.05) is 11.6 Å². The van der Waals surface area contributed by atoms with Crippen LogP contribution in [0.5, 0.6) is 5.75 Å². The van der Waals surface area contributed by atoms with Crippen LogP contribution in [0, 0.1) is 0 Å². The first kappa shape index (κ1) is 20.7. The monoisotopic (exact) mass is 415 g/mol. The predicted octanol–water partition coefficient (Wildman–Crippen LogP) is 3.26. The molecule has 0 spiro atoms. The molecule has 3 aromatic rings. The minimum absolute atomic E-state index is 0.216. The summed E-state index contributed by atoms with van der Waals surface area (Å²) in [6, 6.07) is 11.7. The van der Waals surface area contributed by atoms with Crippen molar-refractivity contribution in [3.8, 4) is 5.75 Å². The fourth-order valence-corrected chi connectivity index (χ4v) is 3.25. The van der Waals surface area contributed by atoms with Gasteiger partial charge in [-0.15, -0.1) is 0 Å². The maximum atomic E-state index is 12.8. The lowest BCUT2D eigenvalue weighted by molar-refractivity contribution is -0.116. The third-order valence-corrected chi connectivity index (χ3v) is 4.66. The highest BCUT2D eigenvalue weighted by Gasteiger charge is 2.16. The largest absolute Gasteiger partial charge is 0.491 e. The molecule has 1 amide bonds. The van der Waals surface area contributed by atoms with Gasteiger partial charge < -0.3 is 10.1 Å². The molecule has 0 aliphatic heterocycles. The zero-order valence-electron chi connectivity index (χ0n) is 16.3. The Morgan fingerprint density at radius 2 is 1.86 bits per heavy atom. The van der Waals surface area contributed by atoms with Crippen LogP contribution in [0.15, 0.2) is 52.1 Å². The molecule has 0 radical (unpaired) electrons. The lowest BCUT2D eigenvalue weighted by Gasteiger charge is -2.15. The van der Waals surface area contributed by atoms with E-state index in [1.54, 1.807) is 49.4 Å². The second-order valence-corrected chi connectivity index (χ2v) is 6.91. The molecule has 1 heterocycles. The topological polar surface area (TPSA) is 82.3 Å². The van der Waals surface area contributed by atoms with E-state index in [0.29, 0.717) is 34.0 Å². The first-order valence-electron chi connectivity index (χ1n) is 9.40. The molecule has 0 aliphatic rings. The van der Waals surface area contributed by atoms with Gasteiger partial charge in [0.25, 0.3) is 5.56 Å². The fraction of sp³-hybridized carbons (Fsp3) is 0.286. The van der Waals surface area contributed by atoms with E-state index < -0.39 is 11.6 Å². The quantitative estimate of drug-likeness (QED) is 0.642. The van der Waals surface area contributed by atoms with Gasteiger partial charge in [0.1, 0.15) is 12.3 Å². The zero-order chi connectivity index (χ0) is 21.0. The van der Waals surface area contributed by atoms with Gasteiger partial charge in [-0.25, -0.2) is 4.79 Å². The zero-order valence-corrected chi connectivity index (χ0v) is 17.0. The molecule has 0 atom stereocenters. The van der Waals surface area contributed by atoms with Crippen molar-refractivity contribution in [3.63, 3.8) is 0 Å². The number of amides is 1. The smallest absolute Gasteiger partial charge is 0.331 e. The van der Waals surface area contributed by atoms with E-state index in [2.05, 4.69) is 5.32 Å². The summed E-state index contributed by atoms with van der Waals surface area (Å²) in [5.74, 6) is 0.0718. The van der Waals surface area contributed by atoms with E-state index >= 15 is 0 Å². The molecule has 0 unspecified atom stereocenters. The van der Waals surface area contributed by atoms with Crippen LogP contribution in [0.2, 0.25) is 5.02 Å². The van der Waals surface area contributed by atoms with E-state index in [1.807, 2.05) is 6.92 Å². The number of carbonyl (C=O) groups is 1. The number of nitrogens with one attached hydrogen (secondary N) is 1. The Labute approximate surface area is 172 Å². The van der Waals surface area contributed by atoms with Gasteiger partial charge in [-0.1, -0.05) is 30.7 Å². The molecule has 0 bridgehead atoms. The molecule has 0 saturated heterocycles. The number of hydrogen-bond acceptors (Lipinski definition) is 4. The normalized spacial score (nSPS) is 10.9. The number of carbonyl (C=O) groups excluding carboxylic acids is 1. The molecule has 152 valence electrons. The average Bonchev–Trinajstić information content (AvgIpc) is 2.71. The Morgan fingerprint density at radius 3 is 2.59 bits per heavy atom. The molecule has 29 heavy (non-hydrogen) atoms. The highest BCUT2D eigenvalue weighted by Crippen LogP contribution is 2.28. The van der Waals surface area contributed by atoms with Crippen molar-refractivity contribution < 1.29 is 9.53 Å². The maximum Gasteiger partial charge on any atom is 0.331 e. The van der Waals surface area contributed by atoms with Gasteiger partial charge in [0.15, 0.2) is 0 Å². The Balaban J connectivity index is 1.97. The summed E-state index contributed by atoms with van der Waals surface area (Å²) in [7, 11) is 0. The molecule has 8 heteroatoms. The molecule has 1 N–H and O–H groups in total. The molecule has 0 saturated carbocycles. The van der Waals surface area contributed by atoms with E-state index in [-0.39, 0.29) is 18.6 Å². The summed E-state index contributed by atoms with van der Waals surface area (Å²) in [4.78, 5) is 38.0. The average molecular weight is 416 g/mol. The molecule has 7 nitrogen and oxygen atoms in total. The predicted molar refractivity (Wildman–Crippen MR) is 114 cm³/mol. The van der Waals surface area contributed by atoms with E-state index in [0.717, 1.165) is 11.0 Å². The molecule has 0 aliphatic carbocycles. The summed E-state index contributed by atoms with van der Waals surface area (Å²) >= 11 is 6.05. The van der Waals surface area contributed by atoms with Gasteiger partial charge >= 0.3 is 5.69 Å². The molecule has 2 aromatic carbocycles. The number of aromatic nitrogens is 2. The van der Waals surface area contributed by atoms with Crippen molar-refractivity contribution in [1.29, 1.82) is 0 Å². The van der Waals surface area contributed by atoms with Crippen LogP contribution >= 0.6 is 11.6 Å². The van der Waals surface area contributed by atoms with Crippen LogP contribution in [-0.4, -0.2) is 21.6 Å². The summed E-state index contributed by atoms with van der Waals surface area (Å²) in [6.45, 7) is 4.16. The van der Waals surface area contributed by atoms with Crippen molar-refractivity contribution in [2.75, 3.05) is 11.9 Å². The summed E-state index contributed by atoms with van der Waals surface area (Å²) < 4.78 is 8.07. The lowest BCUT2D eigenvalue weighted by Crippen LogP contribution is -2.41. The molecule has 0 fully saturated rings. The Hall–Kier alpha value is -3.06. The second kappa shape index (κ2) is 8.96. The number of para-hydroxylation sites is 1. The Morgan fingerprint density at radius 1 is 1.10 bits per heavy atom. The van der Waals surface area contributed by atoms with Crippen LogP contribution in [0.4, 0.5) is 5.69 Å². The van der Waals surface area contributed by atoms with Crippen LogP contribution in [0.3, 0.4) is 0 Å². The SMILES string of the molecule is CCCOc1ccc(Cl)cc1NC(=O)Cn1c(=O)n(CC)c(=O)c2ccccc21. The van der Waals surface area contributed by atoms with Crippen molar-refractivity contribution in [3.05, 3.63) is 68.3 Å². The molecule has 3 rings (SSSR count). The first-order chi connectivity index (χ1) is 14.0. The molecular formula is C21H22ClN3O4. The minimum atomic E-state index is -0.528. The maximum absolute atomic E-state index is 12.8. The number of hydrogen-bond donors (Lipinski definition) is 1. The Kier molecular flexibility index (Phi) is 6.39. The third kappa shape index (κ3) is 4.35. The minimum Gasteiger partial charge on any atom is -0.491 e. The van der Waals surface area contributed by atoms with Gasteiger partial charge in [0.05, 0.1) is 23.2 Å². The van der Waals surface area contributed by atoms with Crippen molar-refractivity contribution in [1.82, 2.24) is 9.13 Å². The van der Waals surface area contributed by atoms with Gasteiger partial charge in [-0.2, -0.15) is 0 Å². The molecular weight excluding hydrogens is 394 g/mol. The lowest BCUT2D eigenvalue weighted by atomic mass is 10.2. The van der Waals surface area contributed by atoms with E-state index in [4.69, 9.17) is 16.3 Å². The van der Waals surface area contributed by atoms with Crippen LogP contribution in [0.25, 0.3) is 10.9 Å².